The van der Waals surface area contributed by atoms with Gasteiger partial charge in [0, 0.05) is 12.3 Å². The number of ether oxygens (including phenoxy) is 1. The van der Waals surface area contributed by atoms with Gasteiger partial charge < -0.3 is 9.84 Å². The highest BCUT2D eigenvalue weighted by atomic mass is 16.5. The van der Waals surface area contributed by atoms with Crippen LogP contribution in [0.2, 0.25) is 0 Å². The molecule has 1 N–H and O–H groups in total. The lowest BCUT2D eigenvalue weighted by Crippen LogP contribution is -2.29. The lowest BCUT2D eigenvalue weighted by atomic mass is 9.96. The highest BCUT2D eigenvalue weighted by Crippen LogP contribution is 2.11. The molecular formula is C16H24O3. The van der Waals surface area contributed by atoms with Crippen LogP contribution in [0.1, 0.15) is 38.7 Å². The van der Waals surface area contributed by atoms with Gasteiger partial charge >= 0.3 is 0 Å². The molecule has 106 valence electrons. The highest BCUT2D eigenvalue weighted by molar-refractivity contribution is 5.81. The molecule has 0 aliphatic heterocycles. The Labute approximate surface area is 115 Å². The Balaban J connectivity index is 2.26. The average Bonchev–Trinajstić information content (AvgIpc) is 2.44. The quantitative estimate of drug-likeness (QED) is 0.746. The molecular weight excluding hydrogens is 240 g/mol. The van der Waals surface area contributed by atoms with Gasteiger partial charge in [0.1, 0.15) is 5.78 Å². The number of hydrogen-bond donors (Lipinski definition) is 1. The summed E-state index contributed by atoms with van der Waals surface area (Å²) >= 11 is 0. The van der Waals surface area contributed by atoms with E-state index in [1.54, 1.807) is 6.92 Å². The summed E-state index contributed by atoms with van der Waals surface area (Å²) in [5.41, 5.74) is 1.07. The van der Waals surface area contributed by atoms with E-state index in [1.807, 2.05) is 30.3 Å². The van der Waals surface area contributed by atoms with Crippen LogP contribution in [0.3, 0.4) is 0 Å². The van der Waals surface area contributed by atoms with Gasteiger partial charge in [-0.15, -0.1) is 0 Å². The fraction of sp³-hybridized carbons (Fsp3) is 0.562. The van der Waals surface area contributed by atoms with E-state index < -0.39 is 6.10 Å². The van der Waals surface area contributed by atoms with Crippen molar-refractivity contribution in [2.45, 2.75) is 45.8 Å². The summed E-state index contributed by atoms with van der Waals surface area (Å²) in [5, 5.41) is 9.92. The van der Waals surface area contributed by atoms with E-state index in [9.17, 15) is 9.90 Å². The fourth-order valence-electron chi connectivity index (χ4n) is 1.81. The molecule has 3 nitrogen and oxygen atoms in total. The number of rotatable bonds is 9. The van der Waals surface area contributed by atoms with Gasteiger partial charge in [-0.25, -0.2) is 0 Å². The number of carbonyl (C=O) groups excluding carboxylic acids is 1. The topological polar surface area (TPSA) is 46.5 Å². The second-order valence-corrected chi connectivity index (χ2v) is 4.93. The van der Waals surface area contributed by atoms with Crippen LogP contribution in [0.5, 0.6) is 0 Å². The Bertz CT molecular complexity index is 362. The minimum absolute atomic E-state index is 0.123. The van der Waals surface area contributed by atoms with Crippen LogP contribution in [-0.2, 0) is 16.1 Å². The average molecular weight is 264 g/mol. The number of unbranched alkanes of at least 4 members (excludes halogenated alkanes) is 1. The van der Waals surface area contributed by atoms with Crippen LogP contribution in [0, 0.1) is 5.92 Å². The lowest BCUT2D eigenvalue weighted by Gasteiger charge is -2.17. The van der Waals surface area contributed by atoms with Crippen molar-refractivity contribution >= 4 is 5.78 Å². The predicted octanol–water partition coefficient (Wildman–Crippen LogP) is 2.96. The maximum atomic E-state index is 11.8. The van der Waals surface area contributed by atoms with E-state index in [4.69, 9.17) is 4.74 Å². The Morgan fingerprint density at radius 3 is 2.63 bits per heavy atom. The van der Waals surface area contributed by atoms with Crippen LogP contribution in [0.4, 0.5) is 0 Å². The molecule has 1 rings (SSSR count). The molecule has 0 amide bonds. The molecule has 3 heteroatoms. The van der Waals surface area contributed by atoms with Crippen molar-refractivity contribution in [2.24, 2.45) is 5.92 Å². The Morgan fingerprint density at radius 2 is 2.00 bits per heavy atom. The summed E-state index contributed by atoms with van der Waals surface area (Å²) in [6.45, 7) is 4.49. The summed E-state index contributed by atoms with van der Waals surface area (Å²) in [6.07, 6.45) is 1.72. The molecule has 0 spiro atoms. The fourth-order valence-corrected chi connectivity index (χ4v) is 1.81. The molecule has 0 bridgehead atoms. The molecule has 0 unspecified atom stereocenters. The molecule has 0 radical (unpaired) electrons. The minimum atomic E-state index is -0.715. The number of carbonyl (C=O) groups is 1. The molecule has 1 aromatic rings. The smallest absolute Gasteiger partial charge is 0.138 e. The second kappa shape index (κ2) is 8.83. The Kier molecular flexibility index (Phi) is 7.38. The number of hydrogen-bond acceptors (Lipinski definition) is 3. The van der Waals surface area contributed by atoms with Crippen molar-refractivity contribution in [2.75, 3.05) is 6.61 Å². The molecule has 1 aromatic carbocycles. The molecule has 0 heterocycles. The van der Waals surface area contributed by atoms with E-state index in [1.165, 1.54) is 0 Å². The zero-order valence-corrected chi connectivity index (χ0v) is 11.8. The van der Waals surface area contributed by atoms with Gasteiger partial charge in [0.25, 0.3) is 0 Å². The van der Waals surface area contributed by atoms with Gasteiger partial charge in [0.05, 0.1) is 19.3 Å². The third-order valence-electron chi connectivity index (χ3n) is 3.26. The first-order valence-corrected chi connectivity index (χ1v) is 6.97. The summed E-state index contributed by atoms with van der Waals surface area (Å²) in [5.74, 6) is -0.222. The number of ketones is 1. The number of benzene rings is 1. The summed E-state index contributed by atoms with van der Waals surface area (Å²) in [6, 6.07) is 9.80. The third-order valence-corrected chi connectivity index (χ3v) is 3.26. The Hall–Kier alpha value is -1.19. The molecule has 2 atom stereocenters. The van der Waals surface area contributed by atoms with Gasteiger partial charge in [-0.1, -0.05) is 50.6 Å². The summed E-state index contributed by atoms with van der Waals surface area (Å²) in [4.78, 5) is 11.8. The van der Waals surface area contributed by atoms with Crippen molar-refractivity contribution in [3.05, 3.63) is 35.9 Å². The number of aliphatic hydroxyl groups excluding tert-OH is 1. The van der Waals surface area contributed by atoms with E-state index in [-0.39, 0.29) is 18.3 Å². The maximum Gasteiger partial charge on any atom is 0.138 e. The number of aliphatic hydroxyl groups is 1. The van der Waals surface area contributed by atoms with Crippen molar-refractivity contribution in [1.29, 1.82) is 0 Å². The van der Waals surface area contributed by atoms with E-state index in [0.717, 1.165) is 18.4 Å². The molecule has 0 aromatic heterocycles. The van der Waals surface area contributed by atoms with Crippen LogP contribution in [0.15, 0.2) is 30.3 Å². The SMILES string of the molecule is CCCCC(=O)[C@@H](C)[C@@H](O)COCc1ccccc1. The standard InChI is InChI=1S/C16H24O3/c1-3-4-10-15(17)13(2)16(18)12-19-11-14-8-6-5-7-9-14/h5-9,13,16,18H,3-4,10-12H2,1-2H3/t13-,16+/m1/s1. The summed E-state index contributed by atoms with van der Waals surface area (Å²) in [7, 11) is 0. The zero-order valence-electron chi connectivity index (χ0n) is 11.8. The number of Topliss-reactive ketones (excluding diaryl/α,β-unsaturated/α-hetero) is 1. The normalized spacial score (nSPS) is 14.1. The van der Waals surface area contributed by atoms with Crippen molar-refractivity contribution < 1.29 is 14.6 Å². The van der Waals surface area contributed by atoms with Crippen LogP contribution >= 0.6 is 0 Å². The molecule has 0 saturated carbocycles. The largest absolute Gasteiger partial charge is 0.390 e. The molecule has 0 saturated heterocycles. The summed E-state index contributed by atoms with van der Waals surface area (Å²) < 4.78 is 5.46. The first-order chi connectivity index (χ1) is 9.15. The van der Waals surface area contributed by atoms with E-state index in [2.05, 4.69) is 6.92 Å². The van der Waals surface area contributed by atoms with Gasteiger partial charge in [-0.05, 0) is 12.0 Å². The third kappa shape index (κ3) is 5.99. The van der Waals surface area contributed by atoms with Crippen LogP contribution in [-0.4, -0.2) is 23.6 Å². The van der Waals surface area contributed by atoms with Crippen molar-refractivity contribution in [3.63, 3.8) is 0 Å². The molecule has 0 fully saturated rings. The molecule has 0 aliphatic carbocycles. The minimum Gasteiger partial charge on any atom is -0.390 e. The van der Waals surface area contributed by atoms with Gasteiger partial charge in [-0.2, -0.15) is 0 Å². The van der Waals surface area contributed by atoms with Crippen molar-refractivity contribution in [1.82, 2.24) is 0 Å². The van der Waals surface area contributed by atoms with Gasteiger partial charge in [-0.3, -0.25) is 4.79 Å². The molecule has 19 heavy (non-hydrogen) atoms. The first kappa shape index (κ1) is 15.9. The van der Waals surface area contributed by atoms with Crippen LogP contribution < -0.4 is 0 Å². The lowest BCUT2D eigenvalue weighted by molar-refractivity contribution is -0.127. The van der Waals surface area contributed by atoms with E-state index >= 15 is 0 Å². The predicted molar refractivity (Wildman–Crippen MR) is 75.8 cm³/mol. The van der Waals surface area contributed by atoms with Crippen molar-refractivity contribution in [3.8, 4) is 0 Å². The second-order valence-electron chi connectivity index (χ2n) is 4.93. The van der Waals surface area contributed by atoms with Gasteiger partial charge in [0.2, 0.25) is 0 Å². The highest BCUT2D eigenvalue weighted by Gasteiger charge is 2.21. The van der Waals surface area contributed by atoms with Crippen LogP contribution in [0.25, 0.3) is 0 Å². The monoisotopic (exact) mass is 264 g/mol. The maximum absolute atomic E-state index is 11.8. The first-order valence-electron chi connectivity index (χ1n) is 6.97. The molecule has 0 aliphatic rings. The van der Waals surface area contributed by atoms with Gasteiger partial charge in [0.15, 0.2) is 0 Å². The Morgan fingerprint density at radius 1 is 1.32 bits per heavy atom. The van der Waals surface area contributed by atoms with E-state index in [0.29, 0.717) is 13.0 Å². The zero-order chi connectivity index (χ0) is 14.1.